The van der Waals surface area contributed by atoms with Gasteiger partial charge in [0.1, 0.15) is 5.75 Å². The zero-order chi connectivity index (χ0) is 16.1. The molecule has 3 rings (SSSR count). The molecule has 0 amide bonds. The van der Waals surface area contributed by atoms with Crippen LogP contribution in [0.2, 0.25) is 0 Å². The van der Waals surface area contributed by atoms with E-state index in [1.807, 2.05) is 0 Å². The van der Waals surface area contributed by atoms with Gasteiger partial charge in [0.25, 0.3) is 0 Å². The van der Waals surface area contributed by atoms with E-state index in [4.69, 9.17) is 4.74 Å². The highest BCUT2D eigenvalue weighted by atomic mass is 16.5. The molecule has 1 heteroatoms. The molecule has 0 unspecified atom stereocenters. The van der Waals surface area contributed by atoms with Crippen LogP contribution < -0.4 is 4.74 Å². The first-order valence-corrected chi connectivity index (χ1v) is 9.05. The maximum Gasteiger partial charge on any atom is 0.126 e. The van der Waals surface area contributed by atoms with Crippen LogP contribution in [0.1, 0.15) is 56.9 Å². The Balaban J connectivity index is 1.82. The fourth-order valence-corrected chi connectivity index (χ4v) is 4.02. The lowest BCUT2D eigenvalue weighted by Crippen LogP contribution is -2.13. The third kappa shape index (κ3) is 3.77. The SMILES string of the molecule is CCCC1CCC(c2ccc(OC)c(-c3ccccc3)c2)CC1. The Morgan fingerprint density at radius 1 is 0.957 bits per heavy atom. The monoisotopic (exact) mass is 308 g/mol. The van der Waals surface area contributed by atoms with Crippen LogP contribution in [0, 0.1) is 5.92 Å². The molecule has 0 aliphatic heterocycles. The zero-order valence-electron chi connectivity index (χ0n) is 14.4. The molecule has 23 heavy (non-hydrogen) atoms. The molecule has 1 aliphatic carbocycles. The Kier molecular flexibility index (Phi) is 5.38. The summed E-state index contributed by atoms with van der Waals surface area (Å²) in [5.74, 6) is 2.65. The van der Waals surface area contributed by atoms with Crippen LogP contribution in [-0.2, 0) is 0 Å². The lowest BCUT2D eigenvalue weighted by atomic mass is 9.77. The summed E-state index contributed by atoms with van der Waals surface area (Å²) in [4.78, 5) is 0. The summed E-state index contributed by atoms with van der Waals surface area (Å²) in [6.45, 7) is 2.31. The van der Waals surface area contributed by atoms with Crippen molar-refractivity contribution in [2.24, 2.45) is 5.92 Å². The summed E-state index contributed by atoms with van der Waals surface area (Å²) in [6.07, 6.45) is 8.20. The topological polar surface area (TPSA) is 9.23 Å². The molecule has 2 aromatic carbocycles. The Hall–Kier alpha value is -1.76. The highest BCUT2D eigenvalue weighted by Gasteiger charge is 2.22. The van der Waals surface area contributed by atoms with Gasteiger partial charge in [-0.15, -0.1) is 0 Å². The molecule has 0 saturated heterocycles. The zero-order valence-corrected chi connectivity index (χ0v) is 14.4. The van der Waals surface area contributed by atoms with E-state index in [0.717, 1.165) is 17.6 Å². The van der Waals surface area contributed by atoms with Gasteiger partial charge in [0.2, 0.25) is 0 Å². The molecule has 1 nitrogen and oxygen atoms in total. The Morgan fingerprint density at radius 3 is 2.35 bits per heavy atom. The summed E-state index contributed by atoms with van der Waals surface area (Å²) in [5, 5.41) is 0. The van der Waals surface area contributed by atoms with Crippen molar-refractivity contribution in [1.29, 1.82) is 0 Å². The van der Waals surface area contributed by atoms with Crippen molar-refractivity contribution in [2.45, 2.75) is 51.4 Å². The van der Waals surface area contributed by atoms with E-state index >= 15 is 0 Å². The third-order valence-corrected chi connectivity index (χ3v) is 5.32. The van der Waals surface area contributed by atoms with Crippen molar-refractivity contribution in [3.8, 4) is 16.9 Å². The summed E-state index contributed by atoms with van der Waals surface area (Å²) in [5.41, 5.74) is 3.95. The maximum absolute atomic E-state index is 5.59. The van der Waals surface area contributed by atoms with Gasteiger partial charge in [-0.3, -0.25) is 0 Å². The van der Waals surface area contributed by atoms with Gasteiger partial charge in [0, 0.05) is 5.56 Å². The van der Waals surface area contributed by atoms with Crippen LogP contribution in [0.3, 0.4) is 0 Å². The molecule has 1 saturated carbocycles. The number of rotatable bonds is 5. The number of ether oxygens (including phenoxy) is 1. The second-order valence-electron chi connectivity index (χ2n) is 6.83. The molecule has 0 radical (unpaired) electrons. The van der Waals surface area contributed by atoms with Crippen LogP contribution in [-0.4, -0.2) is 7.11 Å². The minimum Gasteiger partial charge on any atom is -0.496 e. The fourth-order valence-electron chi connectivity index (χ4n) is 4.02. The van der Waals surface area contributed by atoms with E-state index in [1.165, 1.54) is 55.2 Å². The largest absolute Gasteiger partial charge is 0.496 e. The second-order valence-corrected chi connectivity index (χ2v) is 6.83. The number of methoxy groups -OCH3 is 1. The van der Waals surface area contributed by atoms with E-state index in [0.29, 0.717) is 0 Å². The molecule has 0 spiro atoms. The van der Waals surface area contributed by atoms with Gasteiger partial charge >= 0.3 is 0 Å². The maximum atomic E-state index is 5.59. The summed E-state index contributed by atoms with van der Waals surface area (Å²) in [7, 11) is 1.76. The molecule has 0 N–H and O–H groups in total. The van der Waals surface area contributed by atoms with Crippen molar-refractivity contribution in [3.05, 3.63) is 54.1 Å². The highest BCUT2D eigenvalue weighted by molar-refractivity contribution is 5.71. The fraction of sp³-hybridized carbons (Fsp3) is 0.455. The predicted octanol–water partition coefficient (Wildman–Crippen LogP) is 6.44. The Labute approximate surface area is 140 Å². The normalized spacial score (nSPS) is 21.1. The van der Waals surface area contributed by atoms with E-state index in [-0.39, 0.29) is 0 Å². The van der Waals surface area contributed by atoms with Crippen molar-refractivity contribution >= 4 is 0 Å². The number of benzene rings is 2. The number of hydrogen-bond donors (Lipinski definition) is 0. The molecule has 0 aromatic heterocycles. The molecule has 0 bridgehead atoms. The van der Waals surface area contributed by atoms with Crippen molar-refractivity contribution in [1.82, 2.24) is 0 Å². The number of hydrogen-bond acceptors (Lipinski definition) is 1. The predicted molar refractivity (Wildman–Crippen MR) is 98.0 cm³/mol. The second kappa shape index (κ2) is 7.68. The molecular weight excluding hydrogens is 280 g/mol. The smallest absolute Gasteiger partial charge is 0.126 e. The van der Waals surface area contributed by atoms with Gasteiger partial charge in [-0.2, -0.15) is 0 Å². The van der Waals surface area contributed by atoms with Crippen LogP contribution >= 0.6 is 0 Å². The molecule has 1 fully saturated rings. The van der Waals surface area contributed by atoms with Crippen LogP contribution in [0.4, 0.5) is 0 Å². The summed E-state index contributed by atoms with van der Waals surface area (Å²) in [6, 6.07) is 17.4. The molecule has 2 aromatic rings. The van der Waals surface area contributed by atoms with Gasteiger partial charge in [-0.05, 0) is 60.8 Å². The summed E-state index contributed by atoms with van der Waals surface area (Å²) >= 11 is 0. The van der Waals surface area contributed by atoms with Gasteiger partial charge in [0.05, 0.1) is 7.11 Å². The lowest BCUT2D eigenvalue weighted by molar-refractivity contribution is 0.308. The van der Waals surface area contributed by atoms with Gasteiger partial charge in [-0.1, -0.05) is 56.2 Å². The van der Waals surface area contributed by atoms with Crippen molar-refractivity contribution in [2.75, 3.05) is 7.11 Å². The minimum atomic E-state index is 0.719. The first-order valence-electron chi connectivity index (χ1n) is 9.05. The average molecular weight is 308 g/mol. The molecule has 0 atom stereocenters. The van der Waals surface area contributed by atoms with Crippen molar-refractivity contribution in [3.63, 3.8) is 0 Å². The highest BCUT2D eigenvalue weighted by Crippen LogP contribution is 2.40. The van der Waals surface area contributed by atoms with Crippen LogP contribution in [0.25, 0.3) is 11.1 Å². The van der Waals surface area contributed by atoms with Crippen LogP contribution in [0.15, 0.2) is 48.5 Å². The Morgan fingerprint density at radius 2 is 1.70 bits per heavy atom. The van der Waals surface area contributed by atoms with E-state index in [1.54, 1.807) is 7.11 Å². The molecular formula is C22H28O. The quantitative estimate of drug-likeness (QED) is 0.618. The van der Waals surface area contributed by atoms with Gasteiger partial charge in [0.15, 0.2) is 0 Å². The minimum absolute atomic E-state index is 0.719. The van der Waals surface area contributed by atoms with Gasteiger partial charge < -0.3 is 4.74 Å². The first kappa shape index (κ1) is 16.1. The third-order valence-electron chi connectivity index (χ3n) is 5.32. The lowest BCUT2D eigenvalue weighted by Gasteiger charge is -2.29. The van der Waals surface area contributed by atoms with E-state index < -0.39 is 0 Å². The summed E-state index contributed by atoms with van der Waals surface area (Å²) < 4.78 is 5.59. The van der Waals surface area contributed by atoms with Crippen molar-refractivity contribution < 1.29 is 4.74 Å². The Bertz CT molecular complexity index is 609. The molecule has 1 aliphatic rings. The molecule has 122 valence electrons. The van der Waals surface area contributed by atoms with Gasteiger partial charge in [-0.25, -0.2) is 0 Å². The van der Waals surface area contributed by atoms with E-state index in [9.17, 15) is 0 Å². The van der Waals surface area contributed by atoms with Crippen LogP contribution in [0.5, 0.6) is 5.75 Å². The van der Waals surface area contributed by atoms with E-state index in [2.05, 4.69) is 55.5 Å². The average Bonchev–Trinajstić information content (AvgIpc) is 2.63. The molecule has 0 heterocycles. The standard InChI is InChI=1S/C22H28O/c1-3-7-17-10-12-18(13-11-17)20-14-15-22(23-2)21(16-20)19-8-5-4-6-9-19/h4-6,8-9,14-18H,3,7,10-13H2,1-2H3. The first-order chi connectivity index (χ1) is 11.3.